The molecule has 0 aromatic heterocycles. The van der Waals surface area contributed by atoms with Gasteiger partial charge in [0.2, 0.25) is 0 Å². The molecule has 28 heavy (non-hydrogen) atoms. The van der Waals surface area contributed by atoms with Gasteiger partial charge in [0.25, 0.3) is 0 Å². The molecule has 12 heteroatoms. The quantitative estimate of drug-likeness (QED) is 0.351. The van der Waals surface area contributed by atoms with E-state index in [0.29, 0.717) is 0 Å². The molecule has 1 heterocycles. The highest BCUT2D eigenvalue weighted by Crippen LogP contribution is 2.39. The molecule has 0 bridgehead atoms. The molecule has 0 aromatic carbocycles. The Kier molecular flexibility index (Phi) is 7.88. The number of ether oxygens (including phenoxy) is 5. The van der Waals surface area contributed by atoms with Crippen LogP contribution < -0.4 is 5.11 Å². The van der Waals surface area contributed by atoms with E-state index in [1.807, 2.05) is 0 Å². The van der Waals surface area contributed by atoms with Crippen molar-refractivity contribution in [3.63, 3.8) is 0 Å². The number of carbonyl (C=O) groups is 5. The zero-order valence-corrected chi connectivity index (χ0v) is 15.7. The second kappa shape index (κ2) is 9.46. The van der Waals surface area contributed by atoms with Crippen molar-refractivity contribution in [2.24, 2.45) is 0 Å². The monoisotopic (exact) mass is 405 g/mol. The summed E-state index contributed by atoms with van der Waals surface area (Å²) in [5.74, 6) is -5.42. The number of rotatable bonds is 7. The van der Waals surface area contributed by atoms with Crippen LogP contribution in [0.25, 0.3) is 0 Å². The van der Waals surface area contributed by atoms with Crippen LogP contribution in [0.2, 0.25) is 0 Å². The molecule has 0 unspecified atom stereocenters. The number of aliphatic carboxylic acids is 1. The van der Waals surface area contributed by atoms with Crippen molar-refractivity contribution < 1.29 is 57.9 Å². The van der Waals surface area contributed by atoms with E-state index in [0.717, 1.165) is 27.7 Å². The van der Waals surface area contributed by atoms with Crippen LogP contribution in [0.4, 0.5) is 0 Å². The van der Waals surface area contributed by atoms with Crippen molar-refractivity contribution in [1.29, 1.82) is 0 Å². The molecule has 1 rings (SSSR count). The summed E-state index contributed by atoms with van der Waals surface area (Å²) in [4.78, 5) is 57.3. The molecule has 0 aromatic rings. The molecule has 1 N–H and O–H groups in total. The minimum absolute atomic E-state index is 0.669. The molecule has 1 aliphatic rings. The Labute approximate surface area is 159 Å². The van der Waals surface area contributed by atoms with Crippen LogP contribution in [0.15, 0.2) is 0 Å². The minimum Gasteiger partial charge on any atom is -0.550 e. The van der Waals surface area contributed by atoms with Gasteiger partial charge in [-0.3, -0.25) is 19.2 Å². The van der Waals surface area contributed by atoms with Crippen LogP contribution in [0.5, 0.6) is 0 Å². The van der Waals surface area contributed by atoms with Gasteiger partial charge in [0.1, 0.15) is 12.7 Å². The third kappa shape index (κ3) is 5.89. The number of esters is 4. The fourth-order valence-electron chi connectivity index (χ4n) is 2.87. The Hall–Kier alpha value is -2.73. The third-order valence-corrected chi connectivity index (χ3v) is 3.70. The Bertz CT molecular complexity index is 626. The maximum atomic E-state index is 11.7. The normalized spacial score (nSPS) is 29.3. The molecule has 1 saturated heterocycles. The van der Waals surface area contributed by atoms with Crippen molar-refractivity contribution in [3.8, 4) is 0 Å². The summed E-state index contributed by atoms with van der Waals surface area (Å²) in [6.45, 7) is 3.27. The third-order valence-electron chi connectivity index (χ3n) is 3.70. The SMILES string of the molecule is CC(=O)OC[C@H]1O[C@H](O)[C@@H](OC(C)=O)[C@H](OC(C)=O)[C@]1(CC(=O)[O-])OC(C)=O. The molecular formula is C16H21O12-. The van der Waals surface area contributed by atoms with Gasteiger partial charge in [0.05, 0.1) is 0 Å². The standard InChI is InChI=1S/C16H22O12/c1-7(17)24-6-11-16(5-12(21)22,28-10(4)20)14(26-9(3)19)13(15(23)27-11)25-8(2)18/h11,13-15,23H,5-6H2,1-4H3,(H,21,22)/p-1/t11-,13+,14+,15+,16-/m1/s1. The predicted octanol–water partition coefficient (Wildman–Crippen LogP) is -2.43. The van der Waals surface area contributed by atoms with Crippen LogP contribution in [0.3, 0.4) is 0 Å². The van der Waals surface area contributed by atoms with E-state index < -0.39 is 73.1 Å². The molecule has 1 aliphatic heterocycles. The highest BCUT2D eigenvalue weighted by atomic mass is 16.7. The topological polar surface area (TPSA) is 175 Å². The summed E-state index contributed by atoms with van der Waals surface area (Å²) < 4.78 is 25.1. The summed E-state index contributed by atoms with van der Waals surface area (Å²) in [5.41, 5.74) is -2.33. The lowest BCUT2D eigenvalue weighted by Gasteiger charge is -2.50. The zero-order chi connectivity index (χ0) is 21.6. The van der Waals surface area contributed by atoms with E-state index in [4.69, 9.17) is 23.7 Å². The highest BCUT2D eigenvalue weighted by molar-refractivity contribution is 5.72. The number of carbonyl (C=O) groups excluding carboxylic acids is 5. The molecule has 5 atom stereocenters. The Morgan fingerprint density at radius 2 is 1.54 bits per heavy atom. The summed E-state index contributed by atoms with van der Waals surface area (Å²) >= 11 is 0. The summed E-state index contributed by atoms with van der Waals surface area (Å²) in [5, 5.41) is 21.6. The van der Waals surface area contributed by atoms with Crippen molar-refractivity contribution >= 4 is 29.8 Å². The lowest BCUT2D eigenvalue weighted by molar-refractivity contribution is -0.342. The van der Waals surface area contributed by atoms with Gasteiger partial charge < -0.3 is 38.7 Å². The van der Waals surface area contributed by atoms with Gasteiger partial charge >= 0.3 is 23.9 Å². The maximum absolute atomic E-state index is 11.7. The first-order chi connectivity index (χ1) is 12.9. The van der Waals surface area contributed by atoms with E-state index >= 15 is 0 Å². The summed E-state index contributed by atoms with van der Waals surface area (Å²) in [6, 6.07) is 0. The first kappa shape index (κ1) is 23.3. The first-order valence-corrected chi connectivity index (χ1v) is 8.09. The maximum Gasteiger partial charge on any atom is 0.303 e. The Morgan fingerprint density at radius 1 is 0.964 bits per heavy atom. The lowest BCUT2D eigenvalue weighted by Crippen LogP contribution is -2.71. The van der Waals surface area contributed by atoms with E-state index in [2.05, 4.69) is 0 Å². The van der Waals surface area contributed by atoms with E-state index in [9.17, 15) is 34.2 Å². The predicted molar refractivity (Wildman–Crippen MR) is 82.7 cm³/mol. The smallest absolute Gasteiger partial charge is 0.303 e. The Balaban J connectivity index is 3.55. The average Bonchev–Trinajstić information content (AvgIpc) is 2.50. The van der Waals surface area contributed by atoms with Gasteiger partial charge in [-0.1, -0.05) is 0 Å². The molecule has 1 fully saturated rings. The van der Waals surface area contributed by atoms with Crippen LogP contribution in [-0.2, 0) is 47.7 Å². The fraction of sp³-hybridized carbons (Fsp3) is 0.688. The van der Waals surface area contributed by atoms with Crippen molar-refractivity contribution in [2.75, 3.05) is 6.61 Å². The van der Waals surface area contributed by atoms with Gasteiger partial charge in [-0.2, -0.15) is 0 Å². The summed E-state index contributed by atoms with van der Waals surface area (Å²) in [6.07, 6.45) is -8.14. The molecule has 158 valence electrons. The molecule has 0 saturated carbocycles. The van der Waals surface area contributed by atoms with Crippen LogP contribution in [0.1, 0.15) is 34.1 Å². The van der Waals surface area contributed by atoms with E-state index in [1.54, 1.807) is 0 Å². The van der Waals surface area contributed by atoms with Crippen LogP contribution in [-0.4, -0.2) is 71.8 Å². The minimum atomic E-state index is -2.33. The van der Waals surface area contributed by atoms with Gasteiger partial charge in [-0.05, 0) is 0 Å². The largest absolute Gasteiger partial charge is 0.550 e. The molecule has 0 aliphatic carbocycles. The molecular weight excluding hydrogens is 384 g/mol. The van der Waals surface area contributed by atoms with Crippen LogP contribution >= 0.6 is 0 Å². The highest BCUT2D eigenvalue weighted by Gasteiger charge is 2.62. The molecule has 0 amide bonds. The van der Waals surface area contributed by atoms with Crippen molar-refractivity contribution in [3.05, 3.63) is 0 Å². The van der Waals surface area contributed by atoms with Crippen LogP contribution in [0, 0.1) is 0 Å². The number of carboxylic acids is 1. The average molecular weight is 405 g/mol. The number of hydrogen-bond donors (Lipinski definition) is 1. The zero-order valence-electron chi connectivity index (χ0n) is 15.7. The van der Waals surface area contributed by atoms with E-state index in [1.165, 1.54) is 0 Å². The lowest BCUT2D eigenvalue weighted by atomic mass is 9.80. The van der Waals surface area contributed by atoms with E-state index in [-0.39, 0.29) is 0 Å². The number of hydrogen-bond acceptors (Lipinski definition) is 12. The van der Waals surface area contributed by atoms with Crippen molar-refractivity contribution in [1.82, 2.24) is 0 Å². The Morgan fingerprint density at radius 3 is 1.96 bits per heavy atom. The second-order valence-corrected chi connectivity index (χ2v) is 6.02. The summed E-state index contributed by atoms with van der Waals surface area (Å²) in [7, 11) is 0. The molecule has 0 radical (unpaired) electrons. The van der Waals surface area contributed by atoms with Gasteiger partial charge in [0, 0.05) is 40.1 Å². The number of aliphatic hydroxyl groups excluding tert-OH is 1. The van der Waals surface area contributed by atoms with Gasteiger partial charge in [0.15, 0.2) is 24.1 Å². The molecule has 12 nitrogen and oxygen atoms in total. The number of carboxylic acid groups (broad SMARTS) is 1. The van der Waals surface area contributed by atoms with Gasteiger partial charge in [-0.25, -0.2) is 0 Å². The fourth-order valence-corrected chi connectivity index (χ4v) is 2.87. The number of aliphatic hydroxyl groups is 1. The van der Waals surface area contributed by atoms with Gasteiger partial charge in [-0.15, -0.1) is 0 Å². The molecule has 0 spiro atoms. The first-order valence-electron chi connectivity index (χ1n) is 8.09. The second-order valence-electron chi connectivity index (χ2n) is 6.02. The van der Waals surface area contributed by atoms with Crippen molar-refractivity contribution in [2.45, 2.75) is 64.3 Å².